The Morgan fingerprint density at radius 2 is 1.50 bits per heavy atom. The largest absolute Gasteiger partial charge is 0.504 e. The number of phenols is 1. The first-order valence-electron chi connectivity index (χ1n) is 8.21. The van der Waals surface area contributed by atoms with E-state index in [0.29, 0.717) is 17.1 Å². The normalized spacial score (nSPS) is 10.6. The summed E-state index contributed by atoms with van der Waals surface area (Å²) in [5, 5.41) is 10.5. The zero-order chi connectivity index (χ0) is 20.4. The highest BCUT2D eigenvalue weighted by molar-refractivity contribution is 5.95. The number of hydrogen-bond acceptors (Lipinski definition) is 8. The molecule has 8 nitrogen and oxygen atoms in total. The molecule has 2 aromatic carbocycles. The van der Waals surface area contributed by atoms with Crippen LogP contribution in [0.2, 0.25) is 0 Å². The molecule has 0 atom stereocenters. The van der Waals surface area contributed by atoms with E-state index in [1.807, 2.05) is 0 Å². The molecule has 0 aliphatic carbocycles. The Hall–Kier alpha value is -3.55. The van der Waals surface area contributed by atoms with Gasteiger partial charge in [0.05, 0.1) is 41.1 Å². The zero-order valence-corrected chi connectivity index (χ0v) is 16.1. The molecule has 0 saturated carbocycles. The molecule has 1 N–H and O–H groups in total. The number of aromatic hydroxyl groups is 1. The van der Waals surface area contributed by atoms with Crippen LogP contribution in [0.1, 0.15) is 0 Å². The second-order valence-electron chi connectivity index (χ2n) is 5.69. The molecule has 28 heavy (non-hydrogen) atoms. The number of rotatable bonds is 6. The lowest BCUT2D eigenvalue weighted by molar-refractivity contribution is 0.311. The molecule has 0 radical (unpaired) electrons. The monoisotopic (exact) mass is 388 g/mol. The van der Waals surface area contributed by atoms with Gasteiger partial charge in [-0.3, -0.25) is 4.79 Å². The highest BCUT2D eigenvalue weighted by Gasteiger charge is 2.26. The van der Waals surface area contributed by atoms with Crippen molar-refractivity contribution in [1.29, 1.82) is 0 Å². The lowest BCUT2D eigenvalue weighted by Gasteiger charge is -2.16. The van der Waals surface area contributed by atoms with Gasteiger partial charge in [0.2, 0.25) is 17.2 Å². The van der Waals surface area contributed by atoms with E-state index in [-0.39, 0.29) is 34.0 Å². The van der Waals surface area contributed by atoms with Crippen molar-refractivity contribution in [1.82, 2.24) is 0 Å². The van der Waals surface area contributed by atoms with E-state index in [9.17, 15) is 9.90 Å². The number of benzene rings is 2. The number of fused-ring (bicyclic) bond motifs is 1. The highest BCUT2D eigenvalue weighted by atomic mass is 16.5. The maximum atomic E-state index is 12.8. The van der Waals surface area contributed by atoms with E-state index in [1.54, 1.807) is 18.2 Å². The third-order valence-electron chi connectivity index (χ3n) is 4.30. The fourth-order valence-electron chi connectivity index (χ4n) is 3.00. The molecule has 0 bridgehead atoms. The topological polar surface area (TPSA) is 96.6 Å². The van der Waals surface area contributed by atoms with Crippen LogP contribution in [0.3, 0.4) is 0 Å². The Kier molecular flexibility index (Phi) is 5.21. The minimum absolute atomic E-state index is 0.0195. The van der Waals surface area contributed by atoms with E-state index in [0.717, 1.165) is 0 Å². The first-order valence-corrected chi connectivity index (χ1v) is 8.21. The maximum absolute atomic E-state index is 12.8. The fourth-order valence-corrected chi connectivity index (χ4v) is 3.00. The van der Waals surface area contributed by atoms with Crippen molar-refractivity contribution in [3.05, 3.63) is 34.5 Å². The predicted molar refractivity (Wildman–Crippen MR) is 102 cm³/mol. The van der Waals surface area contributed by atoms with Crippen molar-refractivity contribution in [2.24, 2.45) is 0 Å². The molecular formula is C20H20O8. The summed E-state index contributed by atoms with van der Waals surface area (Å²) in [6.07, 6.45) is 0. The van der Waals surface area contributed by atoms with Crippen molar-refractivity contribution in [3.8, 4) is 45.8 Å². The fraction of sp³-hybridized carbons (Fsp3) is 0.250. The van der Waals surface area contributed by atoms with Gasteiger partial charge in [-0.1, -0.05) is 0 Å². The van der Waals surface area contributed by atoms with Crippen molar-refractivity contribution >= 4 is 11.0 Å². The summed E-state index contributed by atoms with van der Waals surface area (Å²) >= 11 is 0. The van der Waals surface area contributed by atoms with Gasteiger partial charge < -0.3 is 33.2 Å². The number of ether oxygens (including phenoxy) is 5. The van der Waals surface area contributed by atoms with Crippen LogP contribution in [0.5, 0.6) is 34.5 Å². The van der Waals surface area contributed by atoms with E-state index in [4.69, 9.17) is 28.1 Å². The van der Waals surface area contributed by atoms with E-state index in [1.165, 1.54) is 41.6 Å². The molecule has 0 aliphatic heterocycles. The summed E-state index contributed by atoms with van der Waals surface area (Å²) in [4.78, 5) is 12.8. The lowest BCUT2D eigenvalue weighted by atomic mass is 10.1. The summed E-state index contributed by atoms with van der Waals surface area (Å²) in [5.74, 6) is 1.08. The van der Waals surface area contributed by atoms with E-state index in [2.05, 4.69) is 0 Å². The van der Waals surface area contributed by atoms with E-state index >= 15 is 0 Å². The van der Waals surface area contributed by atoms with Crippen LogP contribution in [-0.4, -0.2) is 40.7 Å². The number of phenolic OH excluding ortho intramolecular Hbond substituents is 1. The van der Waals surface area contributed by atoms with Crippen molar-refractivity contribution in [3.63, 3.8) is 0 Å². The zero-order valence-electron chi connectivity index (χ0n) is 16.1. The standard InChI is InChI=1S/C20H20O8/c1-23-10-6-7-11(13(8-10)24-2)14-9-12(21)15-16(22)18(25-3)20(27-5)19(26-4)17(15)28-14/h6-9,22H,1-5H3. The summed E-state index contributed by atoms with van der Waals surface area (Å²) in [7, 11) is 7.17. The molecule has 8 heteroatoms. The second kappa shape index (κ2) is 7.59. The summed E-state index contributed by atoms with van der Waals surface area (Å²) < 4.78 is 32.4. The smallest absolute Gasteiger partial charge is 0.211 e. The summed E-state index contributed by atoms with van der Waals surface area (Å²) in [6, 6.07) is 6.35. The van der Waals surface area contributed by atoms with Gasteiger partial charge in [-0.25, -0.2) is 0 Å². The molecule has 0 aliphatic rings. The number of methoxy groups -OCH3 is 5. The first-order chi connectivity index (χ1) is 13.5. The van der Waals surface area contributed by atoms with Crippen molar-refractivity contribution in [2.45, 2.75) is 0 Å². The van der Waals surface area contributed by atoms with Gasteiger partial charge >= 0.3 is 0 Å². The van der Waals surface area contributed by atoms with Crippen LogP contribution in [-0.2, 0) is 0 Å². The van der Waals surface area contributed by atoms with Gasteiger partial charge in [-0.05, 0) is 12.1 Å². The average molecular weight is 388 g/mol. The molecule has 0 unspecified atom stereocenters. The Morgan fingerprint density at radius 3 is 2.07 bits per heavy atom. The lowest BCUT2D eigenvalue weighted by Crippen LogP contribution is -2.05. The van der Waals surface area contributed by atoms with Crippen LogP contribution in [0.15, 0.2) is 33.5 Å². The van der Waals surface area contributed by atoms with Crippen LogP contribution < -0.4 is 29.1 Å². The van der Waals surface area contributed by atoms with Crippen LogP contribution >= 0.6 is 0 Å². The van der Waals surface area contributed by atoms with Gasteiger partial charge in [-0.15, -0.1) is 0 Å². The molecule has 0 saturated heterocycles. The maximum Gasteiger partial charge on any atom is 0.211 e. The average Bonchev–Trinajstić information content (AvgIpc) is 2.72. The Bertz CT molecular complexity index is 1080. The number of hydrogen-bond donors (Lipinski definition) is 1. The quantitative estimate of drug-likeness (QED) is 0.688. The summed E-state index contributed by atoms with van der Waals surface area (Å²) in [5.41, 5.74) is 0.0718. The Morgan fingerprint density at radius 1 is 0.821 bits per heavy atom. The summed E-state index contributed by atoms with van der Waals surface area (Å²) in [6.45, 7) is 0. The molecule has 1 aromatic heterocycles. The van der Waals surface area contributed by atoms with Gasteiger partial charge in [0.1, 0.15) is 22.6 Å². The molecule has 1 heterocycles. The van der Waals surface area contributed by atoms with E-state index < -0.39 is 11.2 Å². The van der Waals surface area contributed by atoms with Crippen LogP contribution in [0, 0.1) is 0 Å². The molecule has 3 rings (SSSR count). The molecule has 0 amide bonds. The minimum atomic E-state index is -0.481. The van der Waals surface area contributed by atoms with Gasteiger partial charge in [0.15, 0.2) is 16.8 Å². The third-order valence-corrected chi connectivity index (χ3v) is 4.30. The minimum Gasteiger partial charge on any atom is -0.504 e. The Balaban J connectivity index is 2.39. The Labute approximate surface area is 160 Å². The van der Waals surface area contributed by atoms with Crippen LogP contribution in [0.25, 0.3) is 22.3 Å². The SMILES string of the molecule is COc1ccc(-c2cc(=O)c3c(O)c(OC)c(OC)c(OC)c3o2)c(OC)c1. The van der Waals surface area contributed by atoms with Gasteiger partial charge in [0.25, 0.3) is 0 Å². The van der Waals surface area contributed by atoms with Crippen molar-refractivity contribution < 1.29 is 33.2 Å². The molecular weight excluding hydrogens is 368 g/mol. The molecule has 0 fully saturated rings. The molecule has 0 spiro atoms. The van der Waals surface area contributed by atoms with Gasteiger partial charge in [-0.2, -0.15) is 0 Å². The molecule has 148 valence electrons. The van der Waals surface area contributed by atoms with Crippen molar-refractivity contribution in [2.75, 3.05) is 35.5 Å². The van der Waals surface area contributed by atoms with Gasteiger partial charge in [0, 0.05) is 12.1 Å². The predicted octanol–water partition coefficient (Wildman–Crippen LogP) is 3.21. The molecule has 3 aromatic rings. The first kappa shape index (κ1) is 19.2. The van der Waals surface area contributed by atoms with Crippen LogP contribution in [0.4, 0.5) is 0 Å². The third kappa shape index (κ3) is 2.92. The highest BCUT2D eigenvalue weighted by Crippen LogP contribution is 2.50. The second-order valence-corrected chi connectivity index (χ2v) is 5.69.